The Hall–Kier alpha value is -1.10. The summed E-state index contributed by atoms with van der Waals surface area (Å²) in [6.07, 6.45) is 3.00. The summed E-state index contributed by atoms with van der Waals surface area (Å²) in [4.78, 5) is 22.1. The van der Waals surface area contributed by atoms with E-state index in [1.807, 2.05) is 13.8 Å². The summed E-state index contributed by atoms with van der Waals surface area (Å²) in [5, 5.41) is 11.3. The molecule has 2 N–H and O–H groups in total. The lowest BCUT2D eigenvalue weighted by molar-refractivity contribution is -0.142. The predicted octanol–water partition coefficient (Wildman–Crippen LogP) is 1.17. The van der Waals surface area contributed by atoms with E-state index in [-0.39, 0.29) is 12.5 Å². The molecule has 0 aliphatic rings. The number of unbranched alkanes of at least 4 members (excludes halogenated alkanes) is 1. The molecule has 0 aliphatic carbocycles. The van der Waals surface area contributed by atoms with Crippen LogP contribution in [0.5, 0.6) is 0 Å². The molecule has 0 saturated heterocycles. The second kappa shape index (κ2) is 9.15. The van der Waals surface area contributed by atoms with Crippen LogP contribution in [-0.2, 0) is 14.3 Å². The van der Waals surface area contributed by atoms with Gasteiger partial charge in [0.2, 0.25) is 5.91 Å². The van der Waals surface area contributed by atoms with Gasteiger partial charge in [0, 0.05) is 6.61 Å². The maximum Gasteiger partial charge on any atom is 0.326 e. The highest BCUT2D eigenvalue weighted by Crippen LogP contribution is 2.00. The van der Waals surface area contributed by atoms with E-state index in [1.165, 1.54) is 0 Å². The molecule has 0 rings (SSSR count). The van der Waals surface area contributed by atoms with E-state index < -0.39 is 12.0 Å². The molecular weight excluding hydrogens is 210 g/mol. The van der Waals surface area contributed by atoms with Crippen molar-refractivity contribution in [1.29, 1.82) is 0 Å². The van der Waals surface area contributed by atoms with Crippen LogP contribution in [0.2, 0.25) is 0 Å². The third-order valence-corrected chi connectivity index (χ3v) is 2.06. The molecule has 1 amide bonds. The maximum atomic E-state index is 11.3. The summed E-state index contributed by atoms with van der Waals surface area (Å²) in [6.45, 7) is 4.37. The Labute approximate surface area is 96.2 Å². The van der Waals surface area contributed by atoms with Gasteiger partial charge in [-0.2, -0.15) is 0 Å². The minimum Gasteiger partial charge on any atom is -0.480 e. The van der Waals surface area contributed by atoms with Crippen molar-refractivity contribution in [2.24, 2.45) is 0 Å². The van der Waals surface area contributed by atoms with Crippen molar-refractivity contribution in [3.63, 3.8) is 0 Å². The zero-order valence-electron chi connectivity index (χ0n) is 9.99. The van der Waals surface area contributed by atoms with Gasteiger partial charge in [-0.3, -0.25) is 4.79 Å². The van der Waals surface area contributed by atoms with Crippen molar-refractivity contribution in [1.82, 2.24) is 5.32 Å². The Kier molecular flexibility index (Phi) is 8.52. The molecule has 16 heavy (non-hydrogen) atoms. The van der Waals surface area contributed by atoms with Gasteiger partial charge in [0.1, 0.15) is 12.6 Å². The maximum absolute atomic E-state index is 11.3. The van der Waals surface area contributed by atoms with Gasteiger partial charge in [-0.25, -0.2) is 4.79 Å². The number of carboxylic acid groups (broad SMARTS) is 1. The van der Waals surface area contributed by atoms with Crippen LogP contribution >= 0.6 is 0 Å². The summed E-state index contributed by atoms with van der Waals surface area (Å²) in [7, 11) is 0. The molecule has 1 atom stereocenters. The van der Waals surface area contributed by atoms with Gasteiger partial charge in [0.25, 0.3) is 0 Å². The van der Waals surface area contributed by atoms with Crippen molar-refractivity contribution in [3.8, 4) is 0 Å². The Morgan fingerprint density at radius 2 is 2.00 bits per heavy atom. The normalized spacial score (nSPS) is 12.1. The first-order valence-electron chi connectivity index (χ1n) is 5.71. The van der Waals surface area contributed by atoms with Crippen molar-refractivity contribution < 1.29 is 19.4 Å². The van der Waals surface area contributed by atoms with E-state index in [1.54, 1.807) is 0 Å². The second-order valence-electron chi connectivity index (χ2n) is 3.65. The molecule has 0 aliphatic heterocycles. The Balaban J connectivity index is 3.88. The van der Waals surface area contributed by atoms with Crippen molar-refractivity contribution in [3.05, 3.63) is 0 Å². The molecule has 0 bridgehead atoms. The van der Waals surface area contributed by atoms with E-state index in [0.29, 0.717) is 13.0 Å². The highest BCUT2D eigenvalue weighted by molar-refractivity contribution is 5.84. The number of hydrogen-bond donors (Lipinski definition) is 2. The molecule has 0 heterocycles. The standard InChI is InChI=1S/C11H21NO4/c1-3-5-6-9(11(14)15)12-10(13)8-16-7-4-2/h9H,3-8H2,1-2H3,(H,12,13)(H,14,15). The van der Waals surface area contributed by atoms with Gasteiger partial charge >= 0.3 is 5.97 Å². The van der Waals surface area contributed by atoms with Crippen molar-refractivity contribution in [2.45, 2.75) is 45.6 Å². The van der Waals surface area contributed by atoms with E-state index in [0.717, 1.165) is 19.3 Å². The highest BCUT2D eigenvalue weighted by Gasteiger charge is 2.18. The minimum atomic E-state index is -0.989. The van der Waals surface area contributed by atoms with Crippen molar-refractivity contribution >= 4 is 11.9 Å². The van der Waals surface area contributed by atoms with Gasteiger partial charge in [-0.1, -0.05) is 26.7 Å². The van der Waals surface area contributed by atoms with Crippen LogP contribution in [0.3, 0.4) is 0 Å². The number of hydrogen-bond acceptors (Lipinski definition) is 3. The number of amides is 1. The monoisotopic (exact) mass is 231 g/mol. The van der Waals surface area contributed by atoms with Gasteiger partial charge in [-0.05, 0) is 12.8 Å². The lowest BCUT2D eigenvalue weighted by Gasteiger charge is -2.13. The molecular formula is C11H21NO4. The minimum absolute atomic E-state index is 0.0657. The molecule has 0 radical (unpaired) electrons. The van der Waals surface area contributed by atoms with Crippen LogP contribution < -0.4 is 5.32 Å². The SMILES string of the molecule is CCCCC(NC(=O)COCCC)C(=O)O. The number of carbonyl (C=O) groups is 2. The molecule has 94 valence electrons. The molecule has 5 nitrogen and oxygen atoms in total. The van der Waals surface area contributed by atoms with Gasteiger partial charge in [-0.15, -0.1) is 0 Å². The first-order chi connectivity index (χ1) is 7.61. The zero-order valence-corrected chi connectivity index (χ0v) is 9.99. The molecule has 0 aromatic carbocycles. The quantitative estimate of drug-likeness (QED) is 0.584. The molecule has 0 fully saturated rings. The van der Waals surface area contributed by atoms with Crippen molar-refractivity contribution in [2.75, 3.05) is 13.2 Å². The number of carboxylic acids is 1. The first-order valence-corrected chi connectivity index (χ1v) is 5.71. The fourth-order valence-corrected chi connectivity index (χ4v) is 1.21. The van der Waals surface area contributed by atoms with E-state index >= 15 is 0 Å². The average Bonchev–Trinajstić information content (AvgIpc) is 2.24. The van der Waals surface area contributed by atoms with Crippen LogP contribution in [0, 0.1) is 0 Å². The number of carbonyl (C=O) groups excluding carboxylic acids is 1. The molecule has 0 spiro atoms. The lowest BCUT2D eigenvalue weighted by Crippen LogP contribution is -2.42. The molecule has 5 heteroatoms. The Morgan fingerprint density at radius 3 is 2.50 bits per heavy atom. The topological polar surface area (TPSA) is 75.6 Å². The fraction of sp³-hybridized carbons (Fsp3) is 0.818. The summed E-state index contributed by atoms with van der Waals surface area (Å²) >= 11 is 0. The van der Waals surface area contributed by atoms with Crippen LogP contribution in [0.4, 0.5) is 0 Å². The Morgan fingerprint density at radius 1 is 1.31 bits per heavy atom. The number of ether oxygens (including phenoxy) is 1. The summed E-state index contributed by atoms with van der Waals surface area (Å²) in [5.74, 6) is -1.35. The van der Waals surface area contributed by atoms with E-state index in [4.69, 9.17) is 9.84 Å². The number of rotatable bonds is 9. The van der Waals surface area contributed by atoms with Crippen LogP contribution in [0.1, 0.15) is 39.5 Å². The third-order valence-electron chi connectivity index (χ3n) is 2.06. The fourth-order valence-electron chi connectivity index (χ4n) is 1.21. The van der Waals surface area contributed by atoms with Gasteiger partial charge in [0.05, 0.1) is 0 Å². The summed E-state index contributed by atoms with van der Waals surface area (Å²) in [5.41, 5.74) is 0. The second-order valence-corrected chi connectivity index (χ2v) is 3.65. The van der Waals surface area contributed by atoms with Gasteiger partial charge < -0.3 is 15.2 Å². The van der Waals surface area contributed by atoms with E-state index in [2.05, 4.69) is 5.32 Å². The third kappa shape index (κ3) is 7.23. The molecule has 0 aromatic rings. The average molecular weight is 231 g/mol. The summed E-state index contributed by atoms with van der Waals surface area (Å²) < 4.78 is 5.02. The van der Waals surface area contributed by atoms with Crippen LogP contribution in [0.15, 0.2) is 0 Å². The van der Waals surface area contributed by atoms with Crippen LogP contribution in [-0.4, -0.2) is 36.2 Å². The zero-order chi connectivity index (χ0) is 12.4. The molecule has 1 unspecified atom stereocenters. The highest BCUT2D eigenvalue weighted by atomic mass is 16.5. The molecule has 0 saturated carbocycles. The molecule has 0 aromatic heterocycles. The number of aliphatic carboxylic acids is 1. The largest absolute Gasteiger partial charge is 0.480 e. The lowest BCUT2D eigenvalue weighted by atomic mass is 10.1. The van der Waals surface area contributed by atoms with E-state index in [9.17, 15) is 9.59 Å². The summed E-state index contributed by atoms with van der Waals surface area (Å²) in [6, 6.07) is -0.794. The van der Waals surface area contributed by atoms with Gasteiger partial charge in [0.15, 0.2) is 0 Å². The first kappa shape index (κ1) is 14.9. The smallest absolute Gasteiger partial charge is 0.326 e. The predicted molar refractivity (Wildman–Crippen MR) is 60.2 cm³/mol. The number of nitrogens with one attached hydrogen (secondary N) is 1. The Bertz CT molecular complexity index is 218. The van der Waals surface area contributed by atoms with Crippen LogP contribution in [0.25, 0.3) is 0 Å².